The van der Waals surface area contributed by atoms with Gasteiger partial charge in [0, 0.05) is 43.0 Å². The number of nitrogens with one attached hydrogen (secondary N) is 1. The molecule has 40 heavy (non-hydrogen) atoms. The van der Waals surface area contributed by atoms with E-state index in [0.717, 1.165) is 12.0 Å². The zero-order chi connectivity index (χ0) is 27.9. The van der Waals surface area contributed by atoms with Crippen molar-refractivity contribution in [1.29, 1.82) is 0 Å². The summed E-state index contributed by atoms with van der Waals surface area (Å²) in [7, 11) is 0. The SMILES string of the molecule is CC1C2C3CC(C12)N1C(=O)c2c(OCc4ccccc4)c(=O)c(C(=O)NCc4c(F)cc(F)cc4F)cn2CC31. The number of piperidine rings is 1. The van der Waals surface area contributed by atoms with Gasteiger partial charge in [0.25, 0.3) is 11.8 Å². The topological polar surface area (TPSA) is 80.6 Å². The van der Waals surface area contributed by atoms with E-state index in [1.807, 2.05) is 35.2 Å². The molecule has 2 bridgehead atoms. The molecule has 3 heterocycles. The van der Waals surface area contributed by atoms with Gasteiger partial charge in [-0.1, -0.05) is 37.3 Å². The fourth-order valence-corrected chi connectivity index (χ4v) is 7.45. The number of amides is 2. The zero-order valence-corrected chi connectivity index (χ0v) is 21.6. The van der Waals surface area contributed by atoms with E-state index >= 15 is 0 Å². The summed E-state index contributed by atoms with van der Waals surface area (Å²) in [6.07, 6.45) is 2.28. The maximum atomic E-state index is 14.1. The number of benzene rings is 2. The molecule has 10 heteroatoms. The number of hydrogen-bond acceptors (Lipinski definition) is 4. The molecule has 2 aliphatic carbocycles. The van der Waals surface area contributed by atoms with Crippen LogP contribution in [0, 0.1) is 41.1 Å². The van der Waals surface area contributed by atoms with Crippen molar-refractivity contribution in [3.63, 3.8) is 0 Å². The smallest absolute Gasteiger partial charge is 0.275 e. The minimum Gasteiger partial charge on any atom is -0.483 e. The van der Waals surface area contributed by atoms with Gasteiger partial charge in [-0.15, -0.1) is 0 Å². The molecule has 7 rings (SSSR count). The van der Waals surface area contributed by atoms with Crippen molar-refractivity contribution in [2.75, 3.05) is 0 Å². The second kappa shape index (κ2) is 8.97. The van der Waals surface area contributed by atoms with E-state index in [1.54, 1.807) is 4.57 Å². The molecular formula is C30H26F3N3O4. The highest BCUT2D eigenvalue weighted by Crippen LogP contribution is 2.67. The van der Waals surface area contributed by atoms with Crippen LogP contribution in [0.5, 0.6) is 5.75 Å². The lowest BCUT2D eigenvalue weighted by atomic mass is 9.93. The van der Waals surface area contributed by atoms with Crippen LogP contribution in [0.2, 0.25) is 0 Å². The summed E-state index contributed by atoms with van der Waals surface area (Å²) in [6, 6.07) is 10.3. The lowest BCUT2D eigenvalue weighted by molar-refractivity contribution is 0.0462. The molecule has 2 aliphatic heterocycles. The largest absolute Gasteiger partial charge is 0.483 e. The Bertz CT molecular complexity index is 1600. The molecule has 2 saturated carbocycles. The van der Waals surface area contributed by atoms with Crippen molar-refractivity contribution in [2.45, 2.75) is 45.1 Å². The van der Waals surface area contributed by atoms with Crippen LogP contribution in [-0.4, -0.2) is 33.4 Å². The number of carbonyl (C=O) groups is 2. The molecule has 0 spiro atoms. The molecule has 6 atom stereocenters. The first-order chi connectivity index (χ1) is 19.2. The Labute approximate surface area is 227 Å². The Hall–Kier alpha value is -4.08. The van der Waals surface area contributed by atoms with Crippen molar-refractivity contribution < 1.29 is 27.5 Å². The van der Waals surface area contributed by atoms with Gasteiger partial charge in [0.2, 0.25) is 5.43 Å². The Morgan fingerprint density at radius 1 is 1.05 bits per heavy atom. The molecule has 1 N–H and O–H groups in total. The standard InChI is InChI=1S/C30H26F3N3O4/c1-14-24-17-9-22(25(14)24)36-23(17)12-35-11-19(29(38)34-10-18-20(32)7-16(31)8-21(18)33)27(37)28(26(35)30(36)39)40-13-15-5-3-2-4-6-15/h2-8,11,14,17,22-25H,9-10,12-13H2,1H3,(H,34,38). The number of pyridine rings is 1. The number of aromatic nitrogens is 1. The normalized spacial score (nSPS) is 27.2. The van der Waals surface area contributed by atoms with E-state index < -0.39 is 40.9 Å². The van der Waals surface area contributed by atoms with Crippen molar-refractivity contribution in [3.8, 4) is 5.75 Å². The maximum Gasteiger partial charge on any atom is 0.275 e. The van der Waals surface area contributed by atoms with Crippen LogP contribution in [0.1, 0.15) is 45.3 Å². The molecule has 1 aromatic heterocycles. The summed E-state index contributed by atoms with van der Waals surface area (Å²) in [6.45, 7) is 2.04. The van der Waals surface area contributed by atoms with Gasteiger partial charge in [0.1, 0.15) is 29.6 Å². The predicted octanol–water partition coefficient (Wildman–Crippen LogP) is 3.88. The number of hydrogen-bond donors (Lipinski definition) is 1. The van der Waals surface area contributed by atoms with Gasteiger partial charge in [0.05, 0.1) is 6.04 Å². The number of nitrogens with zero attached hydrogens (tertiary/aromatic N) is 2. The van der Waals surface area contributed by atoms with Crippen LogP contribution in [-0.2, 0) is 19.7 Å². The summed E-state index contributed by atoms with van der Waals surface area (Å²) >= 11 is 0. The average Bonchev–Trinajstić information content (AvgIpc) is 3.26. The summed E-state index contributed by atoms with van der Waals surface area (Å²) < 4.78 is 49.2. The predicted molar refractivity (Wildman–Crippen MR) is 137 cm³/mol. The Morgan fingerprint density at radius 2 is 1.77 bits per heavy atom. The summed E-state index contributed by atoms with van der Waals surface area (Å²) in [4.78, 5) is 42.7. The zero-order valence-electron chi connectivity index (χ0n) is 21.6. The van der Waals surface area contributed by atoms with Crippen LogP contribution >= 0.6 is 0 Å². The first-order valence-corrected chi connectivity index (χ1v) is 13.4. The highest BCUT2D eigenvalue weighted by atomic mass is 19.1. The van der Waals surface area contributed by atoms with Crippen LogP contribution in [0.4, 0.5) is 13.2 Å². The number of ether oxygens (including phenoxy) is 1. The quantitative estimate of drug-likeness (QED) is 0.506. The van der Waals surface area contributed by atoms with E-state index in [-0.39, 0.29) is 41.6 Å². The first-order valence-electron chi connectivity index (χ1n) is 13.4. The monoisotopic (exact) mass is 549 g/mol. The van der Waals surface area contributed by atoms with Crippen molar-refractivity contribution in [1.82, 2.24) is 14.8 Å². The molecule has 206 valence electrons. The van der Waals surface area contributed by atoms with Crippen LogP contribution in [0.15, 0.2) is 53.5 Å². The van der Waals surface area contributed by atoms with Gasteiger partial charge in [-0.25, -0.2) is 13.2 Å². The third-order valence-corrected chi connectivity index (χ3v) is 9.24. The van der Waals surface area contributed by atoms with E-state index in [0.29, 0.717) is 42.3 Å². The van der Waals surface area contributed by atoms with Gasteiger partial charge in [-0.05, 0) is 35.7 Å². The van der Waals surface area contributed by atoms with Crippen molar-refractivity contribution in [3.05, 3.63) is 98.7 Å². The molecule has 3 aromatic rings. The number of carbonyl (C=O) groups excluding carboxylic acids is 2. The Morgan fingerprint density at radius 3 is 2.50 bits per heavy atom. The average molecular weight is 550 g/mol. The number of halogens is 3. The lowest BCUT2D eigenvalue weighted by Crippen LogP contribution is -2.53. The molecule has 2 aromatic carbocycles. The van der Waals surface area contributed by atoms with E-state index in [1.165, 1.54) is 6.20 Å². The molecule has 3 fully saturated rings. The second-order valence-electron chi connectivity index (χ2n) is 11.3. The first kappa shape index (κ1) is 24.9. The molecule has 1 saturated heterocycles. The molecular weight excluding hydrogens is 523 g/mol. The molecule has 2 amide bonds. The van der Waals surface area contributed by atoms with E-state index in [4.69, 9.17) is 4.74 Å². The van der Waals surface area contributed by atoms with E-state index in [2.05, 4.69) is 12.2 Å². The number of rotatable bonds is 6. The molecule has 7 nitrogen and oxygen atoms in total. The van der Waals surface area contributed by atoms with Gasteiger partial charge >= 0.3 is 0 Å². The summed E-state index contributed by atoms with van der Waals surface area (Å²) in [5, 5.41) is 2.36. The third kappa shape index (κ3) is 3.68. The fraction of sp³-hybridized carbons (Fsp3) is 0.367. The number of fused-ring (bicyclic) bond motifs is 9. The summed E-state index contributed by atoms with van der Waals surface area (Å²) in [5.41, 5.74) is -0.741. The highest BCUT2D eigenvalue weighted by molar-refractivity contribution is 5.99. The minimum absolute atomic E-state index is 0.00461. The summed E-state index contributed by atoms with van der Waals surface area (Å²) in [5.74, 6) is -2.73. The van der Waals surface area contributed by atoms with E-state index in [9.17, 15) is 27.6 Å². The molecule has 0 radical (unpaired) electrons. The van der Waals surface area contributed by atoms with Crippen LogP contribution in [0.25, 0.3) is 0 Å². The Kier molecular flexibility index (Phi) is 5.59. The van der Waals surface area contributed by atoms with Gasteiger partial charge in [-0.2, -0.15) is 0 Å². The van der Waals surface area contributed by atoms with Gasteiger partial charge in [0.15, 0.2) is 11.4 Å². The molecule has 6 unspecified atom stereocenters. The third-order valence-electron chi connectivity index (χ3n) is 9.24. The second-order valence-corrected chi connectivity index (χ2v) is 11.3. The fourth-order valence-electron chi connectivity index (χ4n) is 7.45. The van der Waals surface area contributed by atoms with Gasteiger partial charge < -0.3 is 19.5 Å². The van der Waals surface area contributed by atoms with Gasteiger partial charge in [-0.3, -0.25) is 14.4 Å². The Balaban J connectivity index is 1.24. The maximum absolute atomic E-state index is 14.1. The van der Waals surface area contributed by atoms with Crippen LogP contribution < -0.4 is 15.5 Å². The minimum atomic E-state index is -1.15. The van der Waals surface area contributed by atoms with Crippen molar-refractivity contribution >= 4 is 11.8 Å². The lowest BCUT2D eigenvalue weighted by Gasteiger charge is -2.40. The van der Waals surface area contributed by atoms with Crippen molar-refractivity contribution in [2.24, 2.45) is 23.7 Å². The van der Waals surface area contributed by atoms with Crippen LogP contribution in [0.3, 0.4) is 0 Å². The highest BCUT2D eigenvalue weighted by Gasteiger charge is 2.70. The molecule has 4 aliphatic rings.